The Balaban J connectivity index is 3.09. The first-order chi connectivity index (χ1) is 6.91. The molecule has 0 amide bonds. The van der Waals surface area contributed by atoms with Gasteiger partial charge in [-0.3, -0.25) is 4.79 Å². The monoisotopic (exact) mass is 211 g/mol. The van der Waals surface area contributed by atoms with Crippen LogP contribution < -0.4 is 0 Å². The van der Waals surface area contributed by atoms with Gasteiger partial charge in [0.05, 0.1) is 6.54 Å². The molecule has 0 fully saturated rings. The van der Waals surface area contributed by atoms with E-state index in [2.05, 4.69) is 0 Å². The van der Waals surface area contributed by atoms with Crippen LogP contribution in [0.4, 0.5) is 0 Å². The van der Waals surface area contributed by atoms with E-state index < -0.39 is 17.3 Å². The molecule has 1 aromatic carbocycles. The fraction of sp³-hybridized carbons (Fsp3) is 0.300. The molecule has 5 nitrogen and oxygen atoms in total. The summed E-state index contributed by atoms with van der Waals surface area (Å²) in [6.07, 6.45) is 0. The van der Waals surface area contributed by atoms with E-state index >= 15 is 0 Å². The number of benzene rings is 1. The Labute approximate surface area is 87.2 Å². The molecule has 0 saturated heterocycles. The van der Waals surface area contributed by atoms with Crippen LogP contribution in [0.1, 0.15) is 10.4 Å². The van der Waals surface area contributed by atoms with Crippen molar-refractivity contribution in [1.29, 1.82) is 0 Å². The Kier molecular flexibility index (Phi) is 3.16. The lowest BCUT2D eigenvalue weighted by atomic mass is 10.1. The van der Waals surface area contributed by atoms with E-state index in [1.807, 2.05) is 0 Å². The lowest BCUT2D eigenvalue weighted by molar-refractivity contribution is 0.0952. The van der Waals surface area contributed by atoms with E-state index in [-0.39, 0.29) is 17.9 Å². The molecule has 0 atom stereocenters. The van der Waals surface area contributed by atoms with Crippen molar-refractivity contribution in [1.82, 2.24) is 4.90 Å². The van der Waals surface area contributed by atoms with Crippen molar-refractivity contribution in [2.45, 2.75) is 0 Å². The summed E-state index contributed by atoms with van der Waals surface area (Å²) in [6.45, 7) is 0.0753. The van der Waals surface area contributed by atoms with Crippen LogP contribution in [0, 0.1) is 0 Å². The number of carbonyl (C=O) groups excluding carboxylic acids is 1. The van der Waals surface area contributed by atoms with E-state index in [9.17, 15) is 15.0 Å². The van der Waals surface area contributed by atoms with E-state index in [1.54, 1.807) is 19.0 Å². The largest absolute Gasteiger partial charge is 0.508 e. The summed E-state index contributed by atoms with van der Waals surface area (Å²) in [5.74, 6) is -1.53. The Morgan fingerprint density at radius 2 is 1.67 bits per heavy atom. The minimum Gasteiger partial charge on any atom is -0.508 e. The number of phenols is 3. The topological polar surface area (TPSA) is 81.0 Å². The minimum absolute atomic E-state index is 0.0753. The zero-order valence-electron chi connectivity index (χ0n) is 8.56. The zero-order chi connectivity index (χ0) is 11.6. The molecule has 1 aromatic rings. The van der Waals surface area contributed by atoms with Crippen molar-refractivity contribution in [3.05, 3.63) is 17.7 Å². The minimum atomic E-state index is -0.417. The van der Waals surface area contributed by atoms with E-state index in [1.165, 1.54) is 0 Å². The molecule has 0 bridgehead atoms. The average molecular weight is 211 g/mol. The highest BCUT2D eigenvalue weighted by Crippen LogP contribution is 2.32. The van der Waals surface area contributed by atoms with Crippen LogP contribution in [-0.4, -0.2) is 46.6 Å². The molecule has 1 rings (SSSR count). The number of carbonyl (C=O) groups is 1. The van der Waals surface area contributed by atoms with Gasteiger partial charge < -0.3 is 20.2 Å². The van der Waals surface area contributed by atoms with Crippen LogP contribution in [0.3, 0.4) is 0 Å². The Morgan fingerprint density at radius 3 is 2.07 bits per heavy atom. The molecule has 0 aliphatic carbocycles. The third kappa shape index (κ3) is 2.60. The Bertz CT molecular complexity index is 364. The van der Waals surface area contributed by atoms with Crippen molar-refractivity contribution < 1.29 is 20.1 Å². The first kappa shape index (κ1) is 11.3. The van der Waals surface area contributed by atoms with Crippen LogP contribution in [-0.2, 0) is 0 Å². The third-order valence-electron chi connectivity index (χ3n) is 1.82. The van der Waals surface area contributed by atoms with Crippen LogP contribution >= 0.6 is 0 Å². The normalized spacial score (nSPS) is 10.6. The number of rotatable bonds is 3. The summed E-state index contributed by atoms with van der Waals surface area (Å²) in [6, 6.07) is 2.03. The van der Waals surface area contributed by atoms with Crippen LogP contribution in [0.25, 0.3) is 0 Å². The summed E-state index contributed by atoms with van der Waals surface area (Å²) < 4.78 is 0. The predicted octanol–water partition coefficient (Wildman–Crippen LogP) is 0.548. The standard InChI is InChI=1S/C10H13NO4/c1-11(2)5-9(15)10-7(13)3-6(12)4-8(10)14/h3-4,12-14H,5H2,1-2H3. The molecule has 0 heterocycles. The van der Waals surface area contributed by atoms with Crippen molar-refractivity contribution >= 4 is 5.78 Å². The highest BCUT2D eigenvalue weighted by molar-refractivity contribution is 6.02. The smallest absolute Gasteiger partial charge is 0.184 e. The van der Waals surface area contributed by atoms with E-state index in [0.29, 0.717) is 0 Å². The lowest BCUT2D eigenvalue weighted by Crippen LogP contribution is -2.21. The second-order valence-corrected chi connectivity index (χ2v) is 3.52. The number of Topliss-reactive ketones (excluding diaryl/α,β-unsaturated/α-hetero) is 1. The number of ketones is 1. The average Bonchev–Trinajstić information content (AvgIpc) is 1.99. The van der Waals surface area contributed by atoms with Gasteiger partial charge in [-0.05, 0) is 14.1 Å². The van der Waals surface area contributed by atoms with Crippen molar-refractivity contribution in [3.8, 4) is 17.2 Å². The summed E-state index contributed by atoms with van der Waals surface area (Å²) in [7, 11) is 3.40. The predicted molar refractivity (Wildman–Crippen MR) is 54.3 cm³/mol. The van der Waals surface area contributed by atoms with Gasteiger partial charge in [0.25, 0.3) is 0 Å². The fourth-order valence-electron chi connectivity index (χ4n) is 1.25. The molecule has 5 heteroatoms. The van der Waals surface area contributed by atoms with Gasteiger partial charge in [0.1, 0.15) is 22.8 Å². The number of likely N-dealkylation sites (N-methyl/N-ethyl adjacent to an activating group) is 1. The molecular formula is C10H13NO4. The number of aromatic hydroxyl groups is 3. The second kappa shape index (κ2) is 4.18. The van der Waals surface area contributed by atoms with Gasteiger partial charge in [-0.15, -0.1) is 0 Å². The van der Waals surface area contributed by atoms with E-state index in [0.717, 1.165) is 12.1 Å². The van der Waals surface area contributed by atoms with Gasteiger partial charge in [0, 0.05) is 12.1 Å². The lowest BCUT2D eigenvalue weighted by Gasteiger charge is -2.10. The van der Waals surface area contributed by atoms with Gasteiger partial charge >= 0.3 is 0 Å². The fourth-order valence-corrected chi connectivity index (χ4v) is 1.25. The summed E-state index contributed by atoms with van der Waals surface area (Å²) in [5.41, 5.74) is -0.165. The summed E-state index contributed by atoms with van der Waals surface area (Å²) >= 11 is 0. The molecule has 15 heavy (non-hydrogen) atoms. The molecule has 0 radical (unpaired) electrons. The molecular weight excluding hydrogens is 198 g/mol. The molecule has 0 saturated carbocycles. The number of phenolic OH excluding ortho intramolecular Hbond substituents is 3. The van der Waals surface area contributed by atoms with Gasteiger partial charge in [-0.1, -0.05) is 0 Å². The highest BCUT2D eigenvalue weighted by atomic mass is 16.3. The van der Waals surface area contributed by atoms with Gasteiger partial charge in [-0.2, -0.15) is 0 Å². The quantitative estimate of drug-likeness (QED) is 0.636. The maximum absolute atomic E-state index is 11.6. The number of hydrogen-bond donors (Lipinski definition) is 3. The zero-order valence-corrected chi connectivity index (χ0v) is 8.56. The van der Waals surface area contributed by atoms with Crippen molar-refractivity contribution in [3.63, 3.8) is 0 Å². The number of hydrogen-bond acceptors (Lipinski definition) is 5. The van der Waals surface area contributed by atoms with Crippen LogP contribution in [0.15, 0.2) is 12.1 Å². The maximum atomic E-state index is 11.6. The maximum Gasteiger partial charge on any atom is 0.184 e. The van der Waals surface area contributed by atoms with Gasteiger partial charge in [0.2, 0.25) is 0 Å². The van der Waals surface area contributed by atoms with Gasteiger partial charge in [0.15, 0.2) is 5.78 Å². The molecule has 0 unspecified atom stereocenters. The van der Waals surface area contributed by atoms with E-state index in [4.69, 9.17) is 5.11 Å². The first-order valence-electron chi connectivity index (χ1n) is 4.34. The molecule has 3 N–H and O–H groups in total. The molecule has 0 aliphatic rings. The molecule has 0 aliphatic heterocycles. The Morgan fingerprint density at radius 1 is 1.20 bits per heavy atom. The second-order valence-electron chi connectivity index (χ2n) is 3.52. The molecule has 82 valence electrons. The SMILES string of the molecule is CN(C)CC(=O)c1c(O)cc(O)cc1O. The van der Waals surface area contributed by atoms with Crippen LogP contribution in [0.2, 0.25) is 0 Å². The Hall–Kier alpha value is -1.75. The summed E-state index contributed by atoms with van der Waals surface area (Å²) in [4.78, 5) is 13.2. The molecule has 0 aromatic heterocycles. The highest BCUT2D eigenvalue weighted by Gasteiger charge is 2.17. The first-order valence-corrected chi connectivity index (χ1v) is 4.34. The van der Waals surface area contributed by atoms with Crippen molar-refractivity contribution in [2.75, 3.05) is 20.6 Å². The number of nitrogens with zero attached hydrogens (tertiary/aromatic N) is 1. The van der Waals surface area contributed by atoms with Crippen molar-refractivity contribution in [2.24, 2.45) is 0 Å². The van der Waals surface area contributed by atoms with Crippen LogP contribution in [0.5, 0.6) is 17.2 Å². The third-order valence-corrected chi connectivity index (χ3v) is 1.82. The summed E-state index contributed by atoms with van der Waals surface area (Å²) in [5, 5.41) is 27.8. The van der Waals surface area contributed by atoms with Gasteiger partial charge in [-0.25, -0.2) is 0 Å². The molecule has 0 spiro atoms.